The fraction of sp³-hybridized carbons (Fsp3) is 0.286. The molecule has 2 atom stereocenters. The van der Waals surface area contributed by atoms with Crippen molar-refractivity contribution < 1.29 is 28.7 Å². The summed E-state index contributed by atoms with van der Waals surface area (Å²) in [5.41, 5.74) is 2.45. The van der Waals surface area contributed by atoms with Crippen LogP contribution in [-0.4, -0.2) is 59.3 Å². The quantitative estimate of drug-likeness (QED) is 0.155. The first-order chi connectivity index (χ1) is 18.8. The van der Waals surface area contributed by atoms with Crippen LogP contribution in [0.1, 0.15) is 30.9 Å². The zero-order valence-electron chi connectivity index (χ0n) is 21.5. The number of nitrogens with one attached hydrogen (secondary N) is 5. The van der Waals surface area contributed by atoms with E-state index in [0.29, 0.717) is 6.21 Å². The summed E-state index contributed by atoms with van der Waals surface area (Å²) in [7, 11) is 0. The Morgan fingerprint density at radius 1 is 0.949 bits per heavy atom. The molecule has 0 unspecified atom stereocenters. The predicted molar refractivity (Wildman–Crippen MR) is 144 cm³/mol. The van der Waals surface area contributed by atoms with E-state index in [1.807, 2.05) is 30.3 Å². The molecule has 0 aliphatic carbocycles. The molecule has 0 spiro atoms. The Hall–Kier alpha value is -4.80. The van der Waals surface area contributed by atoms with Crippen LogP contribution in [0.15, 0.2) is 60.8 Å². The van der Waals surface area contributed by atoms with Gasteiger partial charge in [0.2, 0.25) is 17.7 Å². The topological polar surface area (TPSA) is 170 Å². The molecule has 0 fully saturated rings. The minimum absolute atomic E-state index is 0.0375. The zero-order valence-corrected chi connectivity index (χ0v) is 21.5. The highest BCUT2D eigenvalue weighted by atomic mass is 16.5. The normalized spacial score (nSPS) is 12.1. The van der Waals surface area contributed by atoms with Gasteiger partial charge in [-0.1, -0.05) is 48.5 Å². The molecule has 5 N–H and O–H groups in total. The van der Waals surface area contributed by atoms with E-state index >= 15 is 0 Å². The number of H-pyrrole nitrogens is 1. The van der Waals surface area contributed by atoms with Crippen molar-refractivity contribution in [1.29, 1.82) is 5.41 Å². The van der Waals surface area contributed by atoms with E-state index in [2.05, 4.69) is 20.9 Å². The molecule has 3 rings (SSSR count). The number of carbonyl (C=O) groups excluding carboxylic acids is 5. The van der Waals surface area contributed by atoms with Crippen molar-refractivity contribution in [2.75, 3.05) is 6.54 Å². The molecule has 0 aliphatic heterocycles. The molecule has 0 radical (unpaired) electrons. The van der Waals surface area contributed by atoms with Gasteiger partial charge in [0.25, 0.3) is 0 Å². The number of ether oxygens (including phenoxy) is 1. The lowest BCUT2D eigenvalue weighted by Crippen LogP contribution is -2.54. The highest BCUT2D eigenvalue weighted by Gasteiger charge is 2.28. The summed E-state index contributed by atoms with van der Waals surface area (Å²) in [5, 5.41) is 15.6. The van der Waals surface area contributed by atoms with Crippen molar-refractivity contribution >= 4 is 46.6 Å². The molecule has 39 heavy (non-hydrogen) atoms. The van der Waals surface area contributed by atoms with Gasteiger partial charge in [0.15, 0.2) is 5.78 Å². The first-order valence-electron chi connectivity index (χ1n) is 12.4. The molecule has 11 nitrogen and oxygen atoms in total. The predicted octanol–water partition coefficient (Wildman–Crippen LogP) is 1.56. The van der Waals surface area contributed by atoms with E-state index in [0.717, 1.165) is 22.0 Å². The fourth-order valence-electron chi connectivity index (χ4n) is 3.95. The van der Waals surface area contributed by atoms with Gasteiger partial charge in [-0.05, 0) is 23.6 Å². The number of ketones is 1. The number of aromatic amines is 1. The number of amides is 3. The maximum absolute atomic E-state index is 13.2. The van der Waals surface area contributed by atoms with E-state index < -0.39 is 48.1 Å². The SMILES string of the molecule is CC(=O)N[C@@H](Cc1c[nH]c2ccccc12)C(=O)N[C@@H](CCC(=O)C=N)C(=O)NCC(=O)OCc1ccccc1. The van der Waals surface area contributed by atoms with E-state index in [4.69, 9.17) is 10.1 Å². The van der Waals surface area contributed by atoms with Crippen molar-refractivity contribution in [2.45, 2.75) is 44.9 Å². The van der Waals surface area contributed by atoms with Crippen molar-refractivity contribution in [1.82, 2.24) is 20.9 Å². The van der Waals surface area contributed by atoms with Crippen LogP contribution in [0.5, 0.6) is 0 Å². The summed E-state index contributed by atoms with van der Waals surface area (Å²) in [6.07, 6.45) is 2.25. The number of Topliss-reactive ketones (excluding diaryl/α,β-unsaturated/α-hetero) is 1. The number of rotatable bonds is 14. The first-order valence-corrected chi connectivity index (χ1v) is 12.4. The number of esters is 1. The second kappa shape index (κ2) is 14.2. The highest BCUT2D eigenvalue weighted by Crippen LogP contribution is 2.19. The zero-order chi connectivity index (χ0) is 28.2. The minimum Gasteiger partial charge on any atom is -0.460 e. The number of benzene rings is 2. The summed E-state index contributed by atoms with van der Waals surface area (Å²) in [4.78, 5) is 65.0. The van der Waals surface area contributed by atoms with Crippen LogP contribution in [0.3, 0.4) is 0 Å². The largest absolute Gasteiger partial charge is 0.460 e. The van der Waals surface area contributed by atoms with E-state index in [-0.39, 0.29) is 25.9 Å². The Balaban J connectivity index is 1.66. The third-order valence-electron chi connectivity index (χ3n) is 5.92. The maximum atomic E-state index is 13.2. The maximum Gasteiger partial charge on any atom is 0.325 e. The van der Waals surface area contributed by atoms with Crippen molar-refractivity contribution in [2.24, 2.45) is 0 Å². The van der Waals surface area contributed by atoms with Crippen LogP contribution in [0.4, 0.5) is 0 Å². The van der Waals surface area contributed by atoms with Gasteiger partial charge in [-0.2, -0.15) is 0 Å². The monoisotopic (exact) mass is 533 g/mol. The van der Waals surface area contributed by atoms with Gasteiger partial charge in [-0.3, -0.25) is 24.0 Å². The van der Waals surface area contributed by atoms with Crippen molar-refractivity contribution in [3.05, 3.63) is 71.9 Å². The lowest BCUT2D eigenvalue weighted by atomic mass is 10.0. The van der Waals surface area contributed by atoms with Gasteiger partial charge >= 0.3 is 5.97 Å². The molecule has 204 valence electrons. The van der Waals surface area contributed by atoms with Crippen molar-refractivity contribution in [3.63, 3.8) is 0 Å². The third-order valence-corrected chi connectivity index (χ3v) is 5.92. The number of fused-ring (bicyclic) bond motifs is 1. The molecule has 1 heterocycles. The van der Waals surface area contributed by atoms with Gasteiger partial charge in [0, 0.05) is 36.9 Å². The Morgan fingerprint density at radius 2 is 1.67 bits per heavy atom. The highest BCUT2D eigenvalue weighted by molar-refractivity contribution is 6.26. The van der Waals surface area contributed by atoms with Gasteiger partial charge in [0.05, 0.1) is 6.21 Å². The van der Waals surface area contributed by atoms with Gasteiger partial charge in [-0.15, -0.1) is 0 Å². The molecule has 0 bridgehead atoms. The van der Waals surface area contributed by atoms with E-state index in [9.17, 15) is 24.0 Å². The molecule has 11 heteroatoms. The lowest BCUT2D eigenvalue weighted by molar-refractivity contribution is -0.145. The Bertz CT molecular complexity index is 1340. The molecule has 0 aliphatic rings. The van der Waals surface area contributed by atoms with E-state index in [1.54, 1.807) is 30.5 Å². The number of hydrogen-bond acceptors (Lipinski definition) is 7. The van der Waals surface area contributed by atoms with Gasteiger partial charge in [-0.25, -0.2) is 0 Å². The average molecular weight is 534 g/mol. The van der Waals surface area contributed by atoms with Crippen LogP contribution in [0.2, 0.25) is 0 Å². The number of carbonyl (C=O) groups is 5. The Labute approximate surface area is 225 Å². The van der Waals surface area contributed by atoms with Gasteiger partial charge in [0.1, 0.15) is 25.2 Å². The smallest absolute Gasteiger partial charge is 0.325 e. The van der Waals surface area contributed by atoms with Crippen molar-refractivity contribution in [3.8, 4) is 0 Å². The standard InChI is InChI=1S/C28H31N5O6/c1-18(34)32-25(13-20-15-30-23-10-6-5-9-22(20)23)28(38)33-24(12-11-21(35)14-29)27(37)31-16-26(36)39-17-19-7-3-2-4-8-19/h2-10,14-15,24-25,29-30H,11-13,16-17H2,1H3,(H,31,37)(H,32,34)(H,33,38)/t24-,25-/m0/s1. The van der Waals surface area contributed by atoms with Crippen LogP contribution in [0, 0.1) is 5.41 Å². The average Bonchev–Trinajstić information content (AvgIpc) is 3.35. The Kier molecular flexibility index (Phi) is 10.5. The summed E-state index contributed by atoms with van der Waals surface area (Å²) in [6.45, 7) is 0.875. The molecule has 3 aromatic rings. The fourth-order valence-corrected chi connectivity index (χ4v) is 3.95. The second-order valence-electron chi connectivity index (χ2n) is 8.89. The molecule has 3 amide bonds. The van der Waals surface area contributed by atoms with Crippen LogP contribution >= 0.6 is 0 Å². The first kappa shape index (κ1) is 28.8. The molecule has 2 aromatic carbocycles. The van der Waals surface area contributed by atoms with Crippen LogP contribution < -0.4 is 16.0 Å². The second-order valence-corrected chi connectivity index (χ2v) is 8.89. The van der Waals surface area contributed by atoms with Crippen LogP contribution in [0.25, 0.3) is 10.9 Å². The summed E-state index contributed by atoms with van der Waals surface area (Å²) < 4.78 is 5.16. The molecule has 0 saturated carbocycles. The molecular formula is C28H31N5O6. The third kappa shape index (κ3) is 8.92. The number of para-hydroxylation sites is 1. The molecular weight excluding hydrogens is 502 g/mol. The lowest BCUT2D eigenvalue weighted by Gasteiger charge is -2.22. The molecule has 0 saturated heterocycles. The summed E-state index contributed by atoms with van der Waals surface area (Å²) in [6, 6.07) is 14.3. The Morgan fingerprint density at radius 3 is 2.38 bits per heavy atom. The van der Waals surface area contributed by atoms with E-state index in [1.165, 1.54) is 6.92 Å². The number of hydrogen-bond donors (Lipinski definition) is 5. The summed E-state index contributed by atoms with van der Waals surface area (Å²) in [5.74, 6) is -2.97. The number of aromatic nitrogens is 1. The summed E-state index contributed by atoms with van der Waals surface area (Å²) >= 11 is 0. The minimum atomic E-state index is -1.19. The molecule has 1 aromatic heterocycles. The van der Waals surface area contributed by atoms with Gasteiger partial charge < -0.3 is 31.1 Å². The van der Waals surface area contributed by atoms with Crippen LogP contribution in [-0.2, 0) is 41.7 Å².